The average Bonchev–Trinajstić information content (AvgIpc) is 2.55. The highest BCUT2D eigenvalue weighted by molar-refractivity contribution is 6.04. The smallest absolute Gasteiger partial charge is 0.337 e. The number of alkyl halides is 3. The van der Waals surface area contributed by atoms with Crippen LogP contribution in [0.15, 0.2) is 54.6 Å². The fraction of sp³-hybridized carbons (Fsp3) is 0.176. The zero-order chi connectivity index (χ0) is 17.6. The SMILES string of the molecule is O=C(NCCc1cccc(C(F)(F)F)c1)NC(=O)c1ccccc1. The van der Waals surface area contributed by atoms with Crippen molar-refractivity contribution < 1.29 is 22.8 Å². The second kappa shape index (κ2) is 7.63. The van der Waals surface area contributed by atoms with Crippen LogP contribution in [-0.2, 0) is 12.6 Å². The van der Waals surface area contributed by atoms with Crippen molar-refractivity contribution in [2.24, 2.45) is 0 Å². The van der Waals surface area contributed by atoms with E-state index in [1.807, 2.05) is 0 Å². The topological polar surface area (TPSA) is 58.2 Å². The number of benzene rings is 2. The summed E-state index contributed by atoms with van der Waals surface area (Å²) in [7, 11) is 0. The molecule has 126 valence electrons. The monoisotopic (exact) mass is 336 g/mol. The highest BCUT2D eigenvalue weighted by Crippen LogP contribution is 2.29. The Labute approximate surface area is 136 Å². The van der Waals surface area contributed by atoms with Gasteiger partial charge in [-0.25, -0.2) is 4.79 Å². The number of nitrogens with one attached hydrogen (secondary N) is 2. The molecule has 2 aromatic rings. The molecule has 0 unspecified atom stereocenters. The molecule has 0 aliphatic rings. The number of urea groups is 1. The summed E-state index contributed by atoms with van der Waals surface area (Å²) < 4.78 is 37.8. The third-order valence-electron chi connectivity index (χ3n) is 3.22. The molecule has 0 bridgehead atoms. The van der Waals surface area contributed by atoms with E-state index in [0.717, 1.165) is 12.1 Å². The van der Waals surface area contributed by atoms with Gasteiger partial charge in [-0.05, 0) is 30.2 Å². The number of imide groups is 1. The molecule has 0 fully saturated rings. The fourth-order valence-electron chi connectivity index (χ4n) is 2.03. The minimum absolute atomic E-state index is 0.106. The van der Waals surface area contributed by atoms with E-state index in [0.29, 0.717) is 11.1 Å². The van der Waals surface area contributed by atoms with Crippen LogP contribution in [0.2, 0.25) is 0 Å². The number of carbonyl (C=O) groups is 2. The van der Waals surface area contributed by atoms with Gasteiger partial charge in [0.1, 0.15) is 0 Å². The second-order valence-corrected chi connectivity index (χ2v) is 5.02. The van der Waals surface area contributed by atoms with E-state index in [4.69, 9.17) is 0 Å². The van der Waals surface area contributed by atoms with Gasteiger partial charge in [0.25, 0.3) is 5.91 Å². The largest absolute Gasteiger partial charge is 0.416 e. The van der Waals surface area contributed by atoms with Crippen molar-refractivity contribution in [3.05, 3.63) is 71.3 Å². The molecule has 0 aromatic heterocycles. The van der Waals surface area contributed by atoms with E-state index in [1.165, 1.54) is 6.07 Å². The molecule has 2 N–H and O–H groups in total. The summed E-state index contributed by atoms with van der Waals surface area (Å²) in [5.74, 6) is -0.549. The molecule has 7 heteroatoms. The van der Waals surface area contributed by atoms with Gasteiger partial charge < -0.3 is 5.32 Å². The van der Waals surface area contributed by atoms with E-state index < -0.39 is 23.7 Å². The number of hydrogen-bond donors (Lipinski definition) is 2. The maximum Gasteiger partial charge on any atom is 0.416 e. The lowest BCUT2D eigenvalue weighted by molar-refractivity contribution is -0.137. The van der Waals surface area contributed by atoms with Crippen LogP contribution in [0.25, 0.3) is 0 Å². The molecule has 0 saturated heterocycles. The van der Waals surface area contributed by atoms with Crippen molar-refractivity contribution in [2.75, 3.05) is 6.54 Å². The molecule has 0 heterocycles. The lowest BCUT2D eigenvalue weighted by Gasteiger charge is -2.09. The first-order valence-electron chi connectivity index (χ1n) is 7.16. The Balaban J connectivity index is 1.82. The normalized spacial score (nSPS) is 11.0. The van der Waals surface area contributed by atoms with Crippen LogP contribution < -0.4 is 10.6 Å². The van der Waals surface area contributed by atoms with Crippen molar-refractivity contribution in [1.29, 1.82) is 0 Å². The average molecular weight is 336 g/mol. The molecule has 0 atom stereocenters. The molecule has 0 radical (unpaired) electrons. The van der Waals surface area contributed by atoms with Gasteiger partial charge in [0.2, 0.25) is 0 Å². The van der Waals surface area contributed by atoms with Gasteiger partial charge in [-0.1, -0.05) is 36.4 Å². The van der Waals surface area contributed by atoms with Crippen LogP contribution >= 0.6 is 0 Å². The highest BCUT2D eigenvalue weighted by Gasteiger charge is 2.30. The number of amides is 3. The molecule has 2 aromatic carbocycles. The van der Waals surface area contributed by atoms with Crippen molar-refractivity contribution >= 4 is 11.9 Å². The Kier molecular flexibility index (Phi) is 5.57. The minimum Gasteiger partial charge on any atom is -0.337 e. The number of halogens is 3. The molecule has 24 heavy (non-hydrogen) atoms. The fourth-order valence-corrected chi connectivity index (χ4v) is 2.03. The standard InChI is InChI=1S/C17H15F3N2O2/c18-17(19,20)14-8-4-5-12(11-14)9-10-21-16(24)22-15(23)13-6-2-1-3-7-13/h1-8,11H,9-10H2,(H2,21,22,23,24). The van der Waals surface area contributed by atoms with Gasteiger partial charge in [-0.15, -0.1) is 0 Å². The Hall–Kier alpha value is -2.83. The third kappa shape index (κ3) is 5.12. The first kappa shape index (κ1) is 17.5. The molecular weight excluding hydrogens is 321 g/mol. The predicted octanol–water partition coefficient (Wildman–Crippen LogP) is 3.39. The van der Waals surface area contributed by atoms with Crippen molar-refractivity contribution in [3.63, 3.8) is 0 Å². The minimum atomic E-state index is -4.40. The molecule has 3 amide bonds. The summed E-state index contributed by atoms with van der Waals surface area (Å²) >= 11 is 0. The Morgan fingerprint density at radius 3 is 2.33 bits per heavy atom. The number of rotatable bonds is 4. The summed E-state index contributed by atoms with van der Waals surface area (Å²) in [6.07, 6.45) is -4.18. The Morgan fingerprint density at radius 2 is 1.67 bits per heavy atom. The van der Waals surface area contributed by atoms with E-state index in [1.54, 1.807) is 36.4 Å². The van der Waals surface area contributed by atoms with Crippen LogP contribution in [0.5, 0.6) is 0 Å². The van der Waals surface area contributed by atoms with E-state index in [2.05, 4.69) is 10.6 Å². The number of carbonyl (C=O) groups excluding carboxylic acids is 2. The molecular formula is C17H15F3N2O2. The van der Waals surface area contributed by atoms with E-state index in [9.17, 15) is 22.8 Å². The zero-order valence-corrected chi connectivity index (χ0v) is 12.6. The van der Waals surface area contributed by atoms with Gasteiger partial charge >= 0.3 is 12.2 Å². The Morgan fingerprint density at radius 1 is 0.958 bits per heavy atom. The van der Waals surface area contributed by atoms with Gasteiger partial charge in [-0.2, -0.15) is 13.2 Å². The van der Waals surface area contributed by atoms with Crippen LogP contribution in [-0.4, -0.2) is 18.5 Å². The lowest BCUT2D eigenvalue weighted by atomic mass is 10.1. The van der Waals surface area contributed by atoms with E-state index in [-0.39, 0.29) is 13.0 Å². The van der Waals surface area contributed by atoms with Crippen LogP contribution in [0.3, 0.4) is 0 Å². The lowest BCUT2D eigenvalue weighted by Crippen LogP contribution is -2.40. The maximum atomic E-state index is 12.6. The van der Waals surface area contributed by atoms with Crippen LogP contribution in [0.4, 0.5) is 18.0 Å². The zero-order valence-electron chi connectivity index (χ0n) is 12.6. The first-order valence-corrected chi connectivity index (χ1v) is 7.16. The first-order chi connectivity index (χ1) is 11.4. The van der Waals surface area contributed by atoms with Gasteiger partial charge in [0, 0.05) is 12.1 Å². The molecule has 2 rings (SSSR count). The number of hydrogen-bond acceptors (Lipinski definition) is 2. The van der Waals surface area contributed by atoms with Crippen molar-refractivity contribution in [1.82, 2.24) is 10.6 Å². The maximum absolute atomic E-state index is 12.6. The molecule has 0 aliphatic carbocycles. The van der Waals surface area contributed by atoms with Crippen molar-refractivity contribution in [2.45, 2.75) is 12.6 Å². The Bertz CT molecular complexity index is 715. The molecule has 0 saturated carbocycles. The molecule has 0 spiro atoms. The highest BCUT2D eigenvalue weighted by atomic mass is 19.4. The summed E-state index contributed by atoms with van der Waals surface area (Å²) in [5, 5.41) is 4.59. The van der Waals surface area contributed by atoms with E-state index >= 15 is 0 Å². The van der Waals surface area contributed by atoms with Crippen LogP contribution in [0, 0.1) is 0 Å². The molecule has 4 nitrogen and oxygen atoms in total. The summed E-state index contributed by atoms with van der Waals surface area (Å²) in [4.78, 5) is 23.4. The second-order valence-electron chi connectivity index (χ2n) is 5.02. The van der Waals surface area contributed by atoms with Crippen LogP contribution in [0.1, 0.15) is 21.5 Å². The quantitative estimate of drug-likeness (QED) is 0.899. The summed E-state index contributed by atoms with van der Waals surface area (Å²) in [5.41, 5.74) is 0.0498. The predicted molar refractivity (Wildman–Crippen MR) is 82.5 cm³/mol. The molecule has 0 aliphatic heterocycles. The summed E-state index contributed by atoms with van der Waals surface area (Å²) in [6, 6.07) is 12.4. The third-order valence-corrected chi connectivity index (χ3v) is 3.22. The van der Waals surface area contributed by atoms with Gasteiger partial charge in [0.15, 0.2) is 0 Å². The van der Waals surface area contributed by atoms with Gasteiger partial charge in [0.05, 0.1) is 5.56 Å². The van der Waals surface area contributed by atoms with Gasteiger partial charge in [-0.3, -0.25) is 10.1 Å². The summed E-state index contributed by atoms with van der Waals surface area (Å²) in [6.45, 7) is 0.106. The van der Waals surface area contributed by atoms with Crippen molar-refractivity contribution in [3.8, 4) is 0 Å².